The van der Waals surface area contributed by atoms with Crippen molar-refractivity contribution in [2.75, 3.05) is 13.2 Å². The molecular formula is C28H35N3O4. The van der Waals surface area contributed by atoms with Crippen LogP contribution >= 0.6 is 0 Å². The van der Waals surface area contributed by atoms with Gasteiger partial charge in [0.1, 0.15) is 17.3 Å². The summed E-state index contributed by atoms with van der Waals surface area (Å²) in [6.07, 6.45) is 4.18. The van der Waals surface area contributed by atoms with Gasteiger partial charge in [0.2, 0.25) is 5.91 Å². The van der Waals surface area contributed by atoms with Crippen molar-refractivity contribution in [3.8, 4) is 0 Å². The maximum atomic E-state index is 13.9. The van der Waals surface area contributed by atoms with E-state index in [1.54, 1.807) is 13.8 Å². The number of furan rings is 1. The van der Waals surface area contributed by atoms with Gasteiger partial charge in [-0.05, 0) is 69.7 Å². The Morgan fingerprint density at radius 3 is 2.46 bits per heavy atom. The summed E-state index contributed by atoms with van der Waals surface area (Å²) >= 11 is 0. The van der Waals surface area contributed by atoms with Crippen LogP contribution in [-0.2, 0) is 34.3 Å². The van der Waals surface area contributed by atoms with E-state index in [0.717, 1.165) is 49.2 Å². The van der Waals surface area contributed by atoms with Crippen LogP contribution in [0.25, 0.3) is 0 Å². The predicted molar refractivity (Wildman–Crippen MR) is 133 cm³/mol. The standard InChI is InChI=1S/C28H35N3O4/c1-5-21-10-12-22(13-11-21)28(15-16-28)27(33)31(17-7-8-23-14-9-19(3)35-23)18-24-29-20(4)25(30-24)26(32)34-6-2/h9-14H,5-8,15-18H2,1-4H3,(H,29,30). The highest BCUT2D eigenvalue weighted by Gasteiger charge is 2.53. The van der Waals surface area contributed by atoms with Gasteiger partial charge in [-0.2, -0.15) is 0 Å². The number of aryl methyl sites for hydroxylation is 4. The summed E-state index contributed by atoms with van der Waals surface area (Å²) < 4.78 is 10.8. The van der Waals surface area contributed by atoms with E-state index in [-0.39, 0.29) is 18.2 Å². The third-order valence-corrected chi connectivity index (χ3v) is 6.75. The summed E-state index contributed by atoms with van der Waals surface area (Å²) in [6, 6.07) is 12.4. The number of H-pyrrole nitrogens is 1. The first-order chi connectivity index (χ1) is 16.9. The number of benzene rings is 1. The molecule has 7 nitrogen and oxygen atoms in total. The number of nitrogens with one attached hydrogen (secondary N) is 1. The number of aromatic nitrogens is 2. The van der Waals surface area contributed by atoms with Crippen LogP contribution in [0.4, 0.5) is 0 Å². The minimum Gasteiger partial charge on any atom is -0.466 e. The normalized spacial score (nSPS) is 14.1. The SMILES string of the molecule is CCOC(=O)c1nc(CN(CCCc2ccc(C)o2)C(=O)C2(c3ccc(CC)cc3)CC2)[nH]c1C. The van der Waals surface area contributed by atoms with Crippen LogP contribution in [0.2, 0.25) is 0 Å². The summed E-state index contributed by atoms with van der Waals surface area (Å²) in [5.41, 5.74) is 2.79. The van der Waals surface area contributed by atoms with E-state index in [4.69, 9.17) is 9.15 Å². The molecular weight excluding hydrogens is 442 g/mol. The van der Waals surface area contributed by atoms with E-state index in [1.165, 1.54) is 5.56 Å². The number of hydrogen-bond acceptors (Lipinski definition) is 5. The van der Waals surface area contributed by atoms with Gasteiger partial charge in [0.15, 0.2) is 5.69 Å². The number of hydrogen-bond donors (Lipinski definition) is 1. The lowest BCUT2D eigenvalue weighted by molar-refractivity contribution is -0.134. The number of esters is 1. The fourth-order valence-electron chi connectivity index (χ4n) is 4.61. The zero-order chi connectivity index (χ0) is 25.0. The quantitative estimate of drug-likeness (QED) is 0.390. The van der Waals surface area contributed by atoms with E-state index in [0.29, 0.717) is 24.6 Å². The zero-order valence-electron chi connectivity index (χ0n) is 21.1. The predicted octanol–water partition coefficient (Wildman–Crippen LogP) is 5.05. The number of carbonyl (C=O) groups is 2. The Kier molecular flexibility index (Phi) is 7.43. The van der Waals surface area contributed by atoms with Crippen molar-refractivity contribution in [2.45, 2.75) is 71.8 Å². The molecule has 1 amide bonds. The molecule has 3 aromatic rings. The van der Waals surface area contributed by atoms with Crippen LogP contribution in [0.15, 0.2) is 40.8 Å². The zero-order valence-corrected chi connectivity index (χ0v) is 21.1. The van der Waals surface area contributed by atoms with Gasteiger partial charge in [0.05, 0.1) is 18.6 Å². The van der Waals surface area contributed by atoms with E-state index < -0.39 is 11.4 Å². The number of amides is 1. The van der Waals surface area contributed by atoms with E-state index in [9.17, 15) is 9.59 Å². The third kappa shape index (κ3) is 5.50. The average molecular weight is 478 g/mol. The molecule has 0 spiro atoms. The summed E-state index contributed by atoms with van der Waals surface area (Å²) in [6.45, 7) is 8.80. The lowest BCUT2D eigenvalue weighted by Gasteiger charge is -2.27. The molecule has 2 heterocycles. The smallest absolute Gasteiger partial charge is 0.358 e. The Hall–Kier alpha value is -3.35. The van der Waals surface area contributed by atoms with Gasteiger partial charge in [-0.25, -0.2) is 9.78 Å². The molecule has 1 aliphatic carbocycles. The molecule has 2 aromatic heterocycles. The molecule has 0 unspecified atom stereocenters. The fraction of sp³-hybridized carbons (Fsp3) is 0.464. The number of ether oxygens (including phenoxy) is 1. The molecule has 0 bridgehead atoms. The Bertz CT molecular complexity index is 1170. The molecule has 1 saturated carbocycles. The number of rotatable bonds is 11. The second-order valence-corrected chi connectivity index (χ2v) is 9.35. The second-order valence-electron chi connectivity index (χ2n) is 9.35. The first-order valence-electron chi connectivity index (χ1n) is 12.5. The number of carbonyl (C=O) groups excluding carboxylic acids is 2. The molecule has 1 N–H and O–H groups in total. The van der Waals surface area contributed by atoms with Crippen molar-refractivity contribution in [3.05, 3.63) is 76.3 Å². The minimum absolute atomic E-state index is 0.115. The van der Waals surface area contributed by atoms with Gasteiger partial charge in [-0.1, -0.05) is 31.2 Å². The Labute approximate surface area is 206 Å². The third-order valence-electron chi connectivity index (χ3n) is 6.75. The molecule has 0 saturated heterocycles. The van der Waals surface area contributed by atoms with Gasteiger partial charge < -0.3 is 19.0 Å². The molecule has 0 atom stereocenters. The maximum absolute atomic E-state index is 13.9. The van der Waals surface area contributed by atoms with Crippen molar-refractivity contribution >= 4 is 11.9 Å². The minimum atomic E-state index is -0.473. The van der Waals surface area contributed by atoms with E-state index >= 15 is 0 Å². The van der Waals surface area contributed by atoms with Gasteiger partial charge in [0.25, 0.3) is 0 Å². The van der Waals surface area contributed by atoms with Gasteiger partial charge in [-0.15, -0.1) is 0 Å². The first kappa shape index (κ1) is 24.8. The lowest BCUT2D eigenvalue weighted by atomic mass is 9.93. The van der Waals surface area contributed by atoms with Crippen molar-refractivity contribution in [1.29, 1.82) is 0 Å². The molecule has 1 aliphatic rings. The molecule has 0 aliphatic heterocycles. The van der Waals surface area contributed by atoms with Crippen molar-refractivity contribution in [3.63, 3.8) is 0 Å². The van der Waals surface area contributed by atoms with Gasteiger partial charge in [0, 0.05) is 18.7 Å². The molecule has 7 heteroatoms. The molecule has 35 heavy (non-hydrogen) atoms. The monoisotopic (exact) mass is 477 g/mol. The lowest BCUT2D eigenvalue weighted by Crippen LogP contribution is -2.40. The first-order valence-corrected chi connectivity index (χ1v) is 12.5. The highest BCUT2D eigenvalue weighted by atomic mass is 16.5. The van der Waals surface area contributed by atoms with Crippen LogP contribution in [0.3, 0.4) is 0 Å². The molecule has 1 aromatic carbocycles. The molecule has 0 radical (unpaired) electrons. The van der Waals surface area contributed by atoms with Crippen LogP contribution in [0.1, 0.15) is 77.8 Å². The van der Waals surface area contributed by atoms with E-state index in [1.807, 2.05) is 24.0 Å². The molecule has 4 rings (SSSR count). The van der Waals surface area contributed by atoms with Crippen LogP contribution in [0, 0.1) is 13.8 Å². The van der Waals surface area contributed by atoms with Crippen LogP contribution in [-0.4, -0.2) is 39.9 Å². The van der Waals surface area contributed by atoms with Crippen LogP contribution in [0.5, 0.6) is 0 Å². The second kappa shape index (κ2) is 10.5. The van der Waals surface area contributed by atoms with Crippen molar-refractivity contribution in [1.82, 2.24) is 14.9 Å². The Balaban J connectivity index is 1.54. The summed E-state index contributed by atoms with van der Waals surface area (Å²) in [5.74, 6) is 2.06. The highest BCUT2D eigenvalue weighted by Crippen LogP contribution is 2.50. The van der Waals surface area contributed by atoms with Crippen molar-refractivity contribution in [2.24, 2.45) is 0 Å². The largest absolute Gasteiger partial charge is 0.466 e. The number of aromatic amines is 1. The van der Waals surface area contributed by atoms with Crippen LogP contribution < -0.4 is 0 Å². The number of imidazole rings is 1. The summed E-state index contributed by atoms with van der Waals surface area (Å²) in [4.78, 5) is 35.7. The highest BCUT2D eigenvalue weighted by molar-refractivity contribution is 5.91. The maximum Gasteiger partial charge on any atom is 0.358 e. The summed E-state index contributed by atoms with van der Waals surface area (Å²) in [7, 11) is 0. The Morgan fingerprint density at radius 2 is 1.86 bits per heavy atom. The van der Waals surface area contributed by atoms with E-state index in [2.05, 4.69) is 41.2 Å². The van der Waals surface area contributed by atoms with Gasteiger partial charge >= 0.3 is 5.97 Å². The molecule has 1 fully saturated rings. The summed E-state index contributed by atoms with van der Waals surface area (Å²) in [5, 5.41) is 0. The topological polar surface area (TPSA) is 88.4 Å². The average Bonchev–Trinajstić information content (AvgIpc) is 3.43. The number of nitrogens with zero attached hydrogens (tertiary/aromatic N) is 2. The Morgan fingerprint density at radius 1 is 1.11 bits per heavy atom. The fourth-order valence-corrected chi connectivity index (χ4v) is 4.61. The van der Waals surface area contributed by atoms with Gasteiger partial charge in [-0.3, -0.25) is 4.79 Å². The van der Waals surface area contributed by atoms with Crippen molar-refractivity contribution < 1.29 is 18.7 Å². The molecule has 186 valence electrons.